The summed E-state index contributed by atoms with van der Waals surface area (Å²) in [6.45, 7) is 3.64. The van der Waals surface area contributed by atoms with E-state index in [1.54, 1.807) is 0 Å². The first-order chi connectivity index (χ1) is 8.54. The van der Waals surface area contributed by atoms with Crippen LogP contribution in [-0.2, 0) is 4.79 Å². The van der Waals surface area contributed by atoms with Crippen LogP contribution in [0.15, 0.2) is 18.2 Å². The summed E-state index contributed by atoms with van der Waals surface area (Å²) in [5.41, 5.74) is 1.65. The Morgan fingerprint density at radius 2 is 2.28 bits per heavy atom. The van der Waals surface area contributed by atoms with E-state index in [1.807, 2.05) is 18.2 Å². The topological polar surface area (TPSA) is 44.4 Å². The van der Waals surface area contributed by atoms with Crippen molar-refractivity contribution in [1.29, 1.82) is 0 Å². The molecular weight excluding hydrogens is 250 g/mol. The number of hydrogen-bond donors (Lipinski definition) is 2. The van der Waals surface area contributed by atoms with Gasteiger partial charge in [-0.1, -0.05) is 11.6 Å². The number of halogens is 1. The maximum absolute atomic E-state index is 11.0. The van der Waals surface area contributed by atoms with Gasteiger partial charge in [0.05, 0.1) is 10.7 Å². The van der Waals surface area contributed by atoms with Crippen LogP contribution < -0.4 is 10.6 Å². The largest absolute Gasteiger partial charge is 0.381 e. The lowest BCUT2D eigenvalue weighted by molar-refractivity contribution is -0.114. The number of rotatable bonds is 3. The lowest BCUT2D eigenvalue weighted by Crippen LogP contribution is -2.23. The second-order valence-corrected chi connectivity index (χ2v) is 5.18. The van der Waals surface area contributed by atoms with Crippen LogP contribution in [0, 0.1) is 0 Å². The quantitative estimate of drug-likeness (QED) is 0.884. The third-order valence-electron chi connectivity index (χ3n) is 3.04. The number of likely N-dealkylation sites (N-methyl/N-ethyl adjacent to an activating group) is 1. The molecule has 2 N–H and O–H groups in total. The monoisotopic (exact) mass is 267 g/mol. The molecule has 1 aromatic carbocycles. The van der Waals surface area contributed by atoms with Crippen molar-refractivity contribution in [2.24, 2.45) is 0 Å². The summed E-state index contributed by atoms with van der Waals surface area (Å²) in [5.74, 6) is -0.116. The number of hydrogen-bond acceptors (Lipinski definition) is 3. The Bertz CT molecular complexity index is 450. The van der Waals surface area contributed by atoms with E-state index in [0.717, 1.165) is 25.2 Å². The Balaban J connectivity index is 2.02. The molecule has 1 unspecified atom stereocenters. The maximum Gasteiger partial charge on any atom is 0.221 e. The molecule has 4 nitrogen and oxygen atoms in total. The van der Waals surface area contributed by atoms with Crippen molar-refractivity contribution in [2.45, 2.75) is 19.4 Å². The highest BCUT2D eigenvalue weighted by atomic mass is 35.5. The Hall–Kier alpha value is -1.26. The predicted octanol–water partition coefficient (Wildman–Crippen LogP) is 2.41. The summed E-state index contributed by atoms with van der Waals surface area (Å²) in [4.78, 5) is 13.3. The van der Waals surface area contributed by atoms with E-state index in [4.69, 9.17) is 11.6 Å². The number of amides is 1. The molecule has 1 fully saturated rings. The SMILES string of the molecule is CC(=O)Nc1ccc(NC2CCN(C)C2)cc1Cl. The van der Waals surface area contributed by atoms with Crippen molar-refractivity contribution in [2.75, 3.05) is 30.8 Å². The standard InChI is InChI=1S/C13H18ClN3O/c1-9(18)15-13-4-3-10(7-12(13)14)16-11-5-6-17(2)8-11/h3-4,7,11,16H,5-6,8H2,1-2H3,(H,15,18). The van der Waals surface area contributed by atoms with Gasteiger partial charge in [0.2, 0.25) is 5.91 Å². The summed E-state index contributed by atoms with van der Waals surface area (Å²) in [6, 6.07) is 6.09. The van der Waals surface area contributed by atoms with Crippen molar-refractivity contribution in [1.82, 2.24) is 4.90 Å². The van der Waals surface area contributed by atoms with E-state index >= 15 is 0 Å². The van der Waals surface area contributed by atoms with E-state index in [-0.39, 0.29) is 5.91 Å². The molecule has 1 aliphatic heterocycles. The van der Waals surface area contributed by atoms with E-state index in [0.29, 0.717) is 16.8 Å². The van der Waals surface area contributed by atoms with Gasteiger partial charge in [0.25, 0.3) is 0 Å². The van der Waals surface area contributed by atoms with Gasteiger partial charge in [-0.25, -0.2) is 0 Å². The fourth-order valence-corrected chi connectivity index (χ4v) is 2.41. The second kappa shape index (κ2) is 5.59. The van der Waals surface area contributed by atoms with Crippen molar-refractivity contribution in [3.63, 3.8) is 0 Å². The summed E-state index contributed by atoms with van der Waals surface area (Å²) in [5, 5.41) is 6.70. The summed E-state index contributed by atoms with van der Waals surface area (Å²) < 4.78 is 0. The smallest absolute Gasteiger partial charge is 0.221 e. The zero-order valence-electron chi connectivity index (χ0n) is 10.7. The zero-order chi connectivity index (χ0) is 13.1. The van der Waals surface area contributed by atoms with Crippen LogP contribution >= 0.6 is 11.6 Å². The molecule has 0 spiro atoms. The van der Waals surface area contributed by atoms with Gasteiger partial charge in [0.15, 0.2) is 0 Å². The van der Waals surface area contributed by atoms with Crippen LogP contribution in [0.4, 0.5) is 11.4 Å². The van der Waals surface area contributed by atoms with E-state index in [2.05, 4.69) is 22.6 Å². The fourth-order valence-electron chi connectivity index (χ4n) is 2.18. The van der Waals surface area contributed by atoms with Gasteiger partial charge in [-0.05, 0) is 38.2 Å². The van der Waals surface area contributed by atoms with Crippen LogP contribution in [0.3, 0.4) is 0 Å². The van der Waals surface area contributed by atoms with Gasteiger partial charge < -0.3 is 15.5 Å². The van der Waals surface area contributed by atoms with E-state index in [1.165, 1.54) is 6.92 Å². The molecule has 0 aliphatic carbocycles. The minimum absolute atomic E-state index is 0.116. The Kier molecular flexibility index (Phi) is 4.09. The van der Waals surface area contributed by atoms with Crippen LogP contribution in [0.5, 0.6) is 0 Å². The molecule has 0 radical (unpaired) electrons. The molecule has 1 saturated heterocycles. The van der Waals surface area contributed by atoms with Gasteiger partial charge in [0.1, 0.15) is 0 Å². The van der Waals surface area contributed by atoms with Gasteiger partial charge in [0, 0.05) is 25.2 Å². The van der Waals surface area contributed by atoms with Crippen molar-refractivity contribution < 1.29 is 4.79 Å². The van der Waals surface area contributed by atoms with Crippen molar-refractivity contribution in [3.05, 3.63) is 23.2 Å². The number of benzene rings is 1. The first-order valence-corrected chi connectivity index (χ1v) is 6.44. The normalized spacial score (nSPS) is 19.8. The first kappa shape index (κ1) is 13.2. The Morgan fingerprint density at radius 1 is 1.50 bits per heavy atom. The molecule has 2 rings (SSSR count). The molecule has 5 heteroatoms. The number of nitrogens with one attached hydrogen (secondary N) is 2. The van der Waals surface area contributed by atoms with Gasteiger partial charge in [-0.15, -0.1) is 0 Å². The molecule has 98 valence electrons. The molecular formula is C13H18ClN3O. The van der Waals surface area contributed by atoms with Crippen LogP contribution in [-0.4, -0.2) is 37.0 Å². The van der Waals surface area contributed by atoms with Crippen LogP contribution in [0.25, 0.3) is 0 Å². The zero-order valence-corrected chi connectivity index (χ0v) is 11.4. The van der Waals surface area contributed by atoms with Gasteiger partial charge in [-0.3, -0.25) is 4.79 Å². The Labute approximate surface area is 112 Å². The predicted molar refractivity (Wildman–Crippen MR) is 75.3 cm³/mol. The highest BCUT2D eigenvalue weighted by molar-refractivity contribution is 6.34. The van der Waals surface area contributed by atoms with Crippen molar-refractivity contribution in [3.8, 4) is 0 Å². The molecule has 0 saturated carbocycles. The van der Waals surface area contributed by atoms with Crippen LogP contribution in [0.2, 0.25) is 5.02 Å². The lowest BCUT2D eigenvalue weighted by atomic mass is 10.2. The highest BCUT2D eigenvalue weighted by Gasteiger charge is 2.19. The first-order valence-electron chi connectivity index (χ1n) is 6.07. The molecule has 1 aliphatic rings. The van der Waals surface area contributed by atoms with Crippen LogP contribution in [0.1, 0.15) is 13.3 Å². The highest BCUT2D eigenvalue weighted by Crippen LogP contribution is 2.26. The molecule has 18 heavy (non-hydrogen) atoms. The van der Waals surface area contributed by atoms with E-state index < -0.39 is 0 Å². The van der Waals surface area contributed by atoms with Gasteiger partial charge in [-0.2, -0.15) is 0 Å². The summed E-state index contributed by atoms with van der Waals surface area (Å²) >= 11 is 6.12. The number of carbonyl (C=O) groups is 1. The lowest BCUT2D eigenvalue weighted by Gasteiger charge is -2.15. The average molecular weight is 268 g/mol. The molecule has 1 atom stereocenters. The van der Waals surface area contributed by atoms with E-state index in [9.17, 15) is 4.79 Å². The third kappa shape index (κ3) is 3.37. The minimum atomic E-state index is -0.116. The summed E-state index contributed by atoms with van der Waals surface area (Å²) in [7, 11) is 2.12. The summed E-state index contributed by atoms with van der Waals surface area (Å²) in [6.07, 6.45) is 1.14. The number of anilines is 2. The number of likely N-dealkylation sites (tertiary alicyclic amines) is 1. The number of carbonyl (C=O) groups excluding carboxylic acids is 1. The number of nitrogens with zero attached hydrogens (tertiary/aromatic N) is 1. The molecule has 1 aromatic rings. The molecule has 0 aromatic heterocycles. The molecule has 0 bridgehead atoms. The fraction of sp³-hybridized carbons (Fsp3) is 0.462. The van der Waals surface area contributed by atoms with Gasteiger partial charge >= 0.3 is 0 Å². The second-order valence-electron chi connectivity index (χ2n) is 4.77. The average Bonchev–Trinajstić information content (AvgIpc) is 2.68. The Morgan fingerprint density at radius 3 is 2.83 bits per heavy atom. The minimum Gasteiger partial charge on any atom is -0.381 e. The third-order valence-corrected chi connectivity index (χ3v) is 3.35. The molecule has 1 heterocycles. The van der Waals surface area contributed by atoms with Crippen molar-refractivity contribution >= 4 is 28.9 Å². The molecule has 1 amide bonds. The maximum atomic E-state index is 11.0.